The maximum absolute atomic E-state index is 11.2. The lowest BCUT2D eigenvalue weighted by Gasteiger charge is -2.15. The molecule has 0 saturated heterocycles. The average molecular weight is 232 g/mol. The van der Waals surface area contributed by atoms with Gasteiger partial charge in [-0.3, -0.25) is 0 Å². The third kappa shape index (κ3) is 1.95. The first kappa shape index (κ1) is 9.48. The van der Waals surface area contributed by atoms with E-state index in [1.807, 2.05) is 0 Å². The van der Waals surface area contributed by atoms with Gasteiger partial charge in [-0.15, -0.1) is 0 Å². The van der Waals surface area contributed by atoms with Crippen LogP contribution in [0.1, 0.15) is 19.5 Å². The fraction of sp³-hybridized carbons (Fsp3) is 0.375. The third-order valence-corrected chi connectivity index (χ3v) is 1.97. The van der Waals surface area contributed by atoms with E-state index < -0.39 is 5.60 Å². The summed E-state index contributed by atoms with van der Waals surface area (Å²) in [6.07, 6.45) is 1.37. The lowest BCUT2D eigenvalue weighted by atomic mass is 10.1. The molecular weight excluding hydrogens is 222 g/mol. The topological polar surface area (TPSA) is 47.2 Å². The Balaban J connectivity index is 3.19. The van der Waals surface area contributed by atoms with E-state index >= 15 is 0 Å². The molecule has 0 saturated carbocycles. The molecule has 0 aliphatic rings. The van der Waals surface area contributed by atoms with Gasteiger partial charge >= 0.3 is 0 Å². The summed E-state index contributed by atoms with van der Waals surface area (Å²) in [5.74, 6) is 0. The number of aliphatic hydroxyl groups is 1. The Morgan fingerprint density at radius 2 is 2.08 bits per heavy atom. The molecule has 0 radical (unpaired) electrons. The summed E-state index contributed by atoms with van der Waals surface area (Å²) in [6.45, 7) is 3.15. The summed E-state index contributed by atoms with van der Waals surface area (Å²) in [5.41, 5.74) is -0.756. The largest absolute Gasteiger partial charge is 0.618 e. The van der Waals surface area contributed by atoms with Crippen LogP contribution in [-0.2, 0) is 5.60 Å². The van der Waals surface area contributed by atoms with Crippen molar-refractivity contribution in [2.75, 3.05) is 0 Å². The van der Waals surface area contributed by atoms with Crippen LogP contribution in [0.25, 0.3) is 0 Å². The van der Waals surface area contributed by atoms with Crippen molar-refractivity contribution in [1.29, 1.82) is 0 Å². The van der Waals surface area contributed by atoms with E-state index in [9.17, 15) is 10.3 Å². The molecule has 0 atom stereocenters. The van der Waals surface area contributed by atoms with E-state index in [2.05, 4.69) is 15.9 Å². The summed E-state index contributed by atoms with van der Waals surface area (Å²) in [7, 11) is 0. The summed E-state index contributed by atoms with van der Waals surface area (Å²) >= 11 is 3.16. The Labute approximate surface area is 79.4 Å². The lowest BCUT2D eigenvalue weighted by molar-refractivity contribution is -0.622. The van der Waals surface area contributed by atoms with Crippen molar-refractivity contribution >= 4 is 15.9 Å². The van der Waals surface area contributed by atoms with Crippen LogP contribution in [0, 0.1) is 5.21 Å². The van der Waals surface area contributed by atoms with Gasteiger partial charge in [-0.2, -0.15) is 4.73 Å². The molecule has 0 aromatic carbocycles. The molecular formula is C8H10BrNO2. The Morgan fingerprint density at radius 3 is 2.50 bits per heavy atom. The smallest absolute Gasteiger partial charge is 0.223 e. The first-order chi connectivity index (χ1) is 5.41. The normalized spacial score (nSPS) is 11.7. The van der Waals surface area contributed by atoms with Crippen molar-refractivity contribution in [3.8, 4) is 0 Å². The van der Waals surface area contributed by atoms with Gasteiger partial charge in [-0.05, 0) is 35.8 Å². The zero-order chi connectivity index (χ0) is 9.35. The second-order valence-electron chi connectivity index (χ2n) is 3.12. The number of rotatable bonds is 1. The van der Waals surface area contributed by atoms with Gasteiger partial charge in [0.1, 0.15) is 5.60 Å². The quantitative estimate of drug-likeness (QED) is 0.586. The summed E-state index contributed by atoms with van der Waals surface area (Å²) < 4.78 is 1.36. The minimum Gasteiger partial charge on any atom is -0.618 e. The summed E-state index contributed by atoms with van der Waals surface area (Å²) in [5, 5.41) is 20.7. The third-order valence-electron chi connectivity index (χ3n) is 1.51. The summed E-state index contributed by atoms with van der Waals surface area (Å²) in [4.78, 5) is 0. The monoisotopic (exact) mass is 231 g/mol. The van der Waals surface area contributed by atoms with Gasteiger partial charge in [0.2, 0.25) is 5.69 Å². The Bertz CT molecular complexity index is 294. The van der Waals surface area contributed by atoms with Gasteiger partial charge in [0.15, 0.2) is 6.20 Å². The number of nitrogens with zero attached hydrogens (tertiary/aromatic N) is 1. The van der Waals surface area contributed by atoms with Crippen LogP contribution in [0.3, 0.4) is 0 Å². The van der Waals surface area contributed by atoms with E-state index in [1.165, 1.54) is 6.20 Å². The molecule has 66 valence electrons. The number of halogens is 1. The highest BCUT2D eigenvalue weighted by atomic mass is 79.9. The fourth-order valence-electron chi connectivity index (χ4n) is 0.930. The summed E-state index contributed by atoms with van der Waals surface area (Å²) in [6, 6.07) is 3.32. The molecule has 1 aromatic rings. The second kappa shape index (κ2) is 3.03. The Kier molecular flexibility index (Phi) is 2.39. The van der Waals surface area contributed by atoms with Crippen LogP contribution >= 0.6 is 15.9 Å². The zero-order valence-electron chi connectivity index (χ0n) is 6.91. The zero-order valence-corrected chi connectivity index (χ0v) is 8.50. The maximum atomic E-state index is 11.2. The van der Waals surface area contributed by atoms with Crippen LogP contribution in [-0.4, -0.2) is 5.11 Å². The molecule has 1 heterocycles. The molecule has 0 aliphatic heterocycles. The van der Waals surface area contributed by atoms with Crippen molar-refractivity contribution in [2.24, 2.45) is 0 Å². The minimum absolute atomic E-state index is 0.339. The Hall–Kier alpha value is -0.610. The predicted molar refractivity (Wildman–Crippen MR) is 48.3 cm³/mol. The number of aromatic nitrogens is 1. The molecule has 0 spiro atoms. The first-order valence-corrected chi connectivity index (χ1v) is 4.32. The van der Waals surface area contributed by atoms with E-state index in [1.54, 1.807) is 26.0 Å². The lowest BCUT2D eigenvalue weighted by Crippen LogP contribution is -2.39. The van der Waals surface area contributed by atoms with Crippen LogP contribution in [0.4, 0.5) is 0 Å². The highest BCUT2D eigenvalue weighted by Gasteiger charge is 2.24. The van der Waals surface area contributed by atoms with Crippen LogP contribution in [0.15, 0.2) is 22.8 Å². The van der Waals surface area contributed by atoms with E-state index in [0.717, 1.165) is 0 Å². The van der Waals surface area contributed by atoms with Gasteiger partial charge in [0, 0.05) is 6.07 Å². The van der Waals surface area contributed by atoms with Gasteiger partial charge in [-0.1, -0.05) is 0 Å². The Morgan fingerprint density at radius 1 is 1.50 bits per heavy atom. The van der Waals surface area contributed by atoms with Crippen LogP contribution in [0.5, 0.6) is 0 Å². The molecule has 0 unspecified atom stereocenters. The van der Waals surface area contributed by atoms with E-state index in [0.29, 0.717) is 14.9 Å². The molecule has 3 nitrogen and oxygen atoms in total. The van der Waals surface area contributed by atoms with E-state index in [4.69, 9.17) is 0 Å². The van der Waals surface area contributed by atoms with Crippen molar-refractivity contribution in [3.05, 3.63) is 33.7 Å². The van der Waals surface area contributed by atoms with E-state index in [-0.39, 0.29) is 0 Å². The highest BCUT2D eigenvalue weighted by molar-refractivity contribution is 9.10. The highest BCUT2D eigenvalue weighted by Crippen LogP contribution is 2.16. The average Bonchev–Trinajstić information content (AvgIpc) is 1.83. The second-order valence-corrected chi connectivity index (χ2v) is 4.03. The number of pyridine rings is 1. The maximum Gasteiger partial charge on any atom is 0.223 e. The fourth-order valence-corrected chi connectivity index (χ4v) is 1.25. The van der Waals surface area contributed by atoms with Crippen molar-refractivity contribution in [2.45, 2.75) is 19.4 Å². The van der Waals surface area contributed by atoms with Crippen LogP contribution < -0.4 is 4.73 Å². The van der Waals surface area contributed by atoms with Gasteiger partial charge in [-0.25, -0.2) is 0 Å². The van der Waals surface area contributed by atoms with Crippen molar-refractivity contribution < 1.29 is 9.84 Å². The SMILES string of the molecule is CC(C)(O)c1ccc(Br)c[n+]1[O-]. The van der Waals surface area contributed by atoms with Crippen molar-refractivity contribution in [1.82, 2.24) is 0 Å². The minimum atomic E-state index is -1.09. The molecule has 1 N–H and O–H groups in total. The van der Waals surface area contributed by atoms with Crippen molar-refractivity contribution in [3.63, 3.8) is 0 Å². The molecule has 1 rings (SSSR count). The number of hydrogen-bond donors (Lipinski definition) is 1. The van der Waals surface area contributed by atoms with Gasteiger partial charge < -0.3 is 10.3 Å². The molecule has 12 heavy (non-hydrogen) atoms. The van der Waals surface area contributed by atoms with Crippen LogP contribution in [0.2, 0.25) is 0 Å². The first-order valence-electron chi connectivity index (χ1n) is 3.53. The standard InChI is InChI=1S/C8H10BrNO2/c1-8(2,11)7-4-3-6(9)5-10(7)12/h3-5,11H,1-2H3. The molecule has 0 amide bonds. The molecule has 0 fully saturated rings. The molecule has 1 aromatic heterocycles. The molecule has 0 bridgehead atoms. The van der Waals surface area contributed by atoms with Gasteiger partial charge in [0.05, 0.1) is 4.47 Å². The predicted octanol–water partition coefficient (Wildman–Crippen LogP) is 1.31. The molecule has 4 heteroatoms. The van der Waals surface area contributed by atoms with Gasteiger partial charge in [0.25, 0.3) is 0 Å². The number of hydrogen-bond acceptors (Lipinski definition) is 2. The molecule has 0 aliphatic carbocycles.